The van der Waals surface area contributed by atoms with E-state index in [1.54, 1.807) is 60.7 Å². The molecule has 0 amide bonds. The average Bonchev–Trinajstić information content (AvgIpc) is 2.89. The van der Waals surface area contributed by atoms with Gasteiger partial charge in [0, 0.05) is 23.9 Å². The lowest BCUT2D eigenvalue weighted by Gasteiger charge is -2.07. The highest BCUT2D eigenvalue weighted by Gasteiger charge is 2.09. The van der Waals surface area contributed by atoms with Gasteiger partial charge in [-0.15, -0.1) is 0 Å². The number of anilines is 2. The van der Waals surface area contributed by atoms with Crippen LogP contribution in [0.1, 0.15) is 41.3 Å². The molecule has 0 aliphatic rings. The number of hydrogen-bond acceptors (Lipinski definition) is 7. The number of hydrogen-bond donors (Lipinski definition) is 2. The van der Waals surface area contributed by atoms with E-state index in [-0.39, 0.29) is 6.61 Å². The predicted molar refractivity (Wildman–Crippen MR) is 146 cm³/mol. The van der Waals surface area contributed by atoms with E-state index >= 15 is 0 Å². The van der Waals surface area contributed by atoms with Gasteiger partial charge in [-0.3, -0.25) is 0 Å². The Hall–Kier alpha value is -4.52. The molecule has 37 heavy (non-hydrogen) atoms. The monoisotopic (exact) mass is 500 g/mol. The predicted octanol–water partition coefficient (Wildman–Crippen LogP) is 5.60. The zero-order chi connectivity index (χ0) is 26.5. The van der Waals surface area contributed by atoms with Gasteiger partial charge in [-0.25, -0.2) is 9.59 Å². The first-order valence-electron chi connectivity index (χ1n) is 12.1. The van der Waals surface area contributed by atoms with Crippen molar-refractivity contribution in [2.24, 2.45) is 0 Å². The molecular weight excluding hydrogens is 468 g/mol. The first kappa shape index (κ1) is 27.1. The third kappa shape index (κ3) is 9.22. The first-order chi connectivity index (χ1) is 17.9. The Morgan fingerprint density at radius 2 is 1.59 bits per heavy atom. The maximum Gasteiger partial charge on any atom is 0.343 e. The Morgan fingerprint density at radius 3 is 2.30 bits per heavy atom. The standard InChI is InChI=1S/C30H32N2O5/c1-2-3-19-35-26-16-11-24(12-17-26)30(34)37-27-14-8-22(9-15-27)6-4-5-7-29(33)36-20-18-23-10-13-25(31)21-28(23)32/h4-17,21H,2-3,18-20,31-32H2,1H3/b6-4+,7-5+. The van der Waals surface area contributed by atoms with Crippen molar-refractivity contribution in [3.05, 3.63) is 102 Å². The van der Waals surface area contributed by atoms with Crippen LogP contribution in [-0.4, -0.2) is 25.2 Å². The summed E-state index contributed by atoms with van der Waals surface area (Å²) in [6, 6.07) is 19.2. The molecule has 0 aliphatic carbocycles. The molecule has 4 N–H and O–H groups in total. The Kier molecular flexibility index (Phi) is 10.3. The van der Waals surface area contributed by atoms with Crippen LogP contribution in [-0.2, 0) is 16.0 Å². The second-order valence-corrected chi connectivity index (χ2v) is 8.28. The number of allylic oxidation sites excluding steroid dienone is 2. The lowest BCUT2D eigenvalue weighted by molar-refractivity contribution is -0.137. The maximum absolute atomic E-state index is 12.4. The first-order valence-corrected chi connectivity index (χ1v) is 12.1. The summed E-state index contributed by atoms with van der Waals surface area (Å²) in [5, 5.41) is 0. The van der Waals surface area contributed by atoms with Crippen LogP contribution in [0.15, 0.2) is 85.0 Å². The molecule has 0 aromatic heterocycles. The average molecular weight is 501 g/mol. The highest BCUT2D eigenvalue weighted by atomic mass is 16.5. The number of nitrogens with two attached hydrogens (primary N) is 2. The van der Waals surface area contributed by atoms with E-state index in [9.17, 15) is 9.59 Å². The maximum atomic E-state index is 12.4. The summed E-state index contributed by atoms with van der Waals surface area (Å²) in [7, 11) is 0. The van der Waals surface area contributed by atoms with Crippen molar-refractivity contribution in [2.75, 3.05) is 24.7 Å². The fourth-order valence-electron chi connectivity index (χ4n) is 3.29. The molecule has 7 nitrogen and oxygen atoms in total. The molecule has 0 bridgehead atoms. The fraction of sp³-hybridized carbons (Fsp3) is 0.200. The summed E-state index contributed by atoms with van der Waals surface area (Å²) in [5.74, 6) is 0.281. The van der Waals surface area contributed by atoms with Crippen LogP contribution >= 0.6 is 0 Å². The summed E-state index contributed by atoms with van der Waals surface area (Å²) < 4.78 is 16.3. The third-order valence-corrected chi connectivity index (χ3v) is 5.37. The van der Waals surface area contributed by atoms with Crippen LogP contribution in [0.25, 0.3) is 6.08 Å². The van der Waals surface area contributed by atoms with Gasteiger partial charge >= 0.3 is 11.9 Å². The quantitative estimate of drug-likeness (QED) is 0.0830. The molecule has 3 aromatic rings. The summed E-state index contributed by atoms with van der Waals surface area (Å²) in [4.78, 5) is 24.3. The highest BCUT2D eigenvalue weighted by Crippen LogP contribution is 2.18. The van der Waals surface area contributed by atoms with Gasteiger partial charge in [0.15, 0.2) is 0 Å². The molecule has 0 unspecified atom stereocenters. The Bertz CT molecular complexity index is 1230. The number of benzene rings is 3. The van der Waals surface area contributed by atoms with E-state index < -0.39 is 11.9 Å². The zero-order valence-electron chi connectivity index (χ0n) is 20.9. The van der Waals surface area contributed by atoms with Crippen molar-refractivity contribution >= 4 is 29.4 Å². The molecule has 192 valence electrons. The van der Waals surface area contributed by atoms with Crippen molar-refractivity contribution in [1.82, 2.24) is 0 Å². The lowest BCUT2D eigenvalue weighted by atomic mass is 10.1. The Morgan fingerprint density at radius 1 is 0.865 bits per heavy atom. The molecular formula is C30H32N2O5. The van der Waals surface area contributed by atoms with Crippen molar-refractivity contribution < 1.29 is 23.8 Å². The van der Waals surface area contributed by atoms with Crippen LogP contribution in [0.4, 0.5) is 11.4 Å². The zero-order valence-corrected chi connectivity index (χ0v) is 20.9. The number of nitrogen functional groups attached to an aromatic ring is 2. The van der Waals surface area contributed by atoms with Gasteiger partial charge in [0.1, 0.15) is 11.5 Å². The van der Waals surface area contributed by atoms with E-state index in [0.29, 0.717) is 35.7 Å². The van der Waals surface area contributed by atoms with Crippen LogP contribution in [0.2, 0.25) is 0 Å². The second kappa shape index (κ2) is 14.1. The minimum atomic E-state index is -0.443. The number of carbonyl (C=O) groups excluding carboxylic acids is 2. The second-order valence-electron chi connectivity index (χ2n) is 8.28. The molecule has 0 heterocycles. The molecule has 7 heteroatoms. The van der Waals surface area contributed by atoms with Crippen LogP contribution in [0.3, 0.4) is 0 Å². The molecule has 0 spiro atoms. The van der Waals surface area contributed by atoms with Gasteiger partial charge in [-0.2, -0.15) is 0 Å². The summed E-state index contributed by atoms with van der Waals surface area (Å²) in [6.07, 6.45) is 9.06. The normalized spacial score (nSPS) is 11.1. The Labute approximate surface area is 217 Å². The van der Waals surface area contributed by atoms with E-state index in [0.717, 1.165) is 29.7 Å². The largest absolute Gasteiger partial charge is 0.494 e. The number of esters is 2. The van der Waals surface area contributed by atoms with Crippen molar-refractivity contribution in [2.45, 2.75) is 26.2 Å². The lowest BCUT2D eigenvalue weighted by Crippen LogP contribution is -2.08. The number of carbonyl (C=O) groups is 2. The third-order valence-electron chi connectivity index (χ3n) is 5.37. The summed E-state index contributed by atoms with van der Waals surface area (Å²) >= 11 is 0. The minimum Gasteiger partial charge on any atom is -0.494 e. The summed E-state index contributed by atoms with van der Waals surface area (Å²) in [5.41, 5.74) is 15.0. The molecule has 0 radical (unpaired) electrons. The molecule has 0 aliphatic heterocycles. The van der Waals surface area contributed by atoms with Crippen molar-refractivity contribution in [3.8, 4) is 11.5 Å². The molecule has 3 aromatic carbocycles. The Balaban J connectivity index is 1.41. The minimum absolute atomic E-state index is 0.220. The molecule has 0 saturated heterocycles. The van der Waals surface area contributed by atoms with Gasteiger partial charge in [0.05, 0.1) is 18.8 Å². The molecule has 0 fully saturated rings. The van der Waals surface area contributed by atoms with E-state index in [4.69, 9.17) is 25.7 Å². The number of unbranched alkanes of at least 4 members (excludes halogenated alkanes) is 1. The molecule has 0 atom stereocenters. The number of rotatable bonds is 12. The number of ether oxygens (including phenoxy) is 3. The molecule has 0 saturated carbocycles. The van der Waals surface area contributed by atoms with Gasteiger partial charge in [-0.1, -0.05) is 49.8 Å². The van der Waals surface area contributed by atoms with Crippen LogP contribution in [0, 0.1) is 0 Å². The SMILES string of the molecule is CCCCOc1ccc(C(=O)Oc2ccc(/C=C/C=C/C(=O)OCCc3ccc(N)cc3N)cc2)cc1. The molecule has 3 rings (SSSR count). The van der Waals surface area contributed by atoms with E-state index in [1.165, 1.54) is 6.08 Å². The fourth-order valence-corrected chi connectivity index (χ4v) is 3.29. The summed E-state index contributed by atoms with van der Waals surface area (Å²) in [6.45, 7) is 2.98. The smallest absolute Gasteiger partial charge is 0.343 e. The van der Waals surface area contributed by atoms with Crippen molar-refractivity contribution in [1.29, 1.82) is 0 Å². The van der Waals surface area contributed by atoms with Gasteiger partial charge in [0.25, 0.3) is 0 Å². The van der Waals surface area contributed by atoms with Gasteiger partial charge in [0.2, 0.25) is 0 Å². The van der Waals surface area contributed by atoms with E-state index in [1.807, 2.05) is 24.3 Å². The van der Waals surface area contributed by atoms with Crippen LogP contribution < -0.4 is 20.9 Å². The van der Waals surface area contributed by atoms with Gasteiger partial charge < -0.3 is 25.7 Å². The highest BCUT2D eigenvalue weighted by molar-refractivity contribution is 5.91. The van der Waals surface area contributed by atoms with Crippen molar-refractivity contribution in [3.63, 3.8) is 0 Å². The van der Waals surface area contributed by atoms with Crippen LogP contribution in [0.5, 0.6) is 11.5 Å². The van der Waals surface area contributed by atoms with Gasteiger partial charge in [-0.05, 0) is 66.1 Å². The topological polar surface area (TPSA) is 114 Å². The van der Waals surface area contributed by atoms with E-state index in [2.05, 4.69) is 6.92 Å².